The molecule has 0 aliphatic heterocycles. The van der Waals surface area contributed by atoms with E-state index in [0.29, 0.717) is 17.8 Å². The van der Waals surface area contributed by atoms with Crippen LogP contribution in [0.5, 0.6) is 0 Å². The zero-order chi connectivity index (χ0) is 17.7. The maximum Gasteiger partial charge on any atom is 0.306 e. The number of hydrogen-bond acceptors (Lipinski definition) is 4. The van der Waals surface area contributed by atoms with Gasteiger partial charge in [-0.05, 0) is 69.1 Å². The first-order valence-corrected chi connectivity index (χ1v) is 9.67. The van der Waals surface area contributed by atoms with E-state index in [1.54, 1.807) is 0 Å². The minimum absolute atomic E-state index is 0.188. The molecule has 0 aromatic heterocycles. The van der Waals surface area contributed by atoms with Crippen LogP contribution >= 0.6 is 0 Å². The minimum Gasteiger partial charge on any atom is -0.481 e. The molecule has 5 heteroatoms. The Bertz CT molecular complexity index is 430. The van der Waals surface area contributed by atoms with Crippen molar-refractivity contribution in [3.63, 3.8) is 0 Å². The average molecular weight is 338 g/mol. The Balaban J connectivity index is 1.89. The van der Waals surface area contributed by atoms with Crippen LogP contribution in [-0.4, -0.2) is 34.4 Å². The lowest BCUT2D eigenvalue weighted by atomic mass is 9.76. The van der Waals surface area contributed by atoms with Crippen LogP contribution in [0.1, 0.15) is 72.1 Å². The molecule has 0 heterocycles. The summed E-state index contributed by atoms with van der Waals surface area (Å²) in [6.45, 7) is 6.79. The molecule has 0 bridgehead atoms. The SMILES string of the molecule is CC(C)C(C)CC1CC(O)CCC1N=NC1CCC(C(=O)O)CC1. The molecule has 0 amide bonds. The molecule has 2 N–H and O–H groups in total. The molecule has 5 nitrogen and oxygen atoms in total. The topological polar surface area (TPSA) is 82.2 Å². The zero-order valence-corrected chi connectivity index (χ0v) is 15.4. The molecule has 2 fully saturated rings. The summed E-state index contributed by atoms with van der Waals surface area (Å²) in [5.41, 5.74) is 0. The molecule has 0 spiro atoms. The van der Waals surface area contributed by atoms with Crippen LogP contribution in [0.15, 0.2) is 10.2 Å². The minimum atomic E-state index is -0.672. The number of azo groups is 1. The van der Waals surface area contributed by atoms with Gasteiger partial charge in [0.25, 0.3) is 0 Å². The standard InChI is InChI=1S/C19H34N2O3/c1-12(2)13(3)10-15-11-17(22)8-9-18(15)21-20-16-6-4-14(5-7-16)19(23)24/h12-18,22H,4-11H2,1-3H3,(H,23,24). The van der Waals surface area contributed by atoms with E-state index in [9.17, 15) is 9.90 Å². The van der Waals surface area contributed by atoms with Crippen molar-refractivity contribution >= 4 is 5.97 Å². The second-order valence-electron chi connectivity index (χ2n) is 8.33. The molecule has 0 aromatic carbocycles. The highest BCUT2D eigenvalue weighted by Gasteiger charge is 2.32. The maximum atomic E-state index is 11.0. The van der Waals surface area contributed by atoms with Crippen molar-refractivity contribution in [2.24, 2.45) is 33.9 Å². The van der Waals surface area contributed by atoms with Crippen LogP contribution in [0, 0.1) is 23.7 Å². The number of carboxylic acids is 1. The third kappa shape index (κ3) is 5.54. The summed E-state index contributed by atoms with van der Waals surface area (Å²) in [6.07, 6.45) is 6.60. The van der Waals surface area contributed by atoms with E-state index in [-0.39, 0.29) is 24.1 Å². The highest BCUT2D eigenvalue weighted by molar-refractivity contribution is 5.70. The predicted octanol–water partition coefficient (Wildman–Crippen LogP) is 4.29. The number of nitrogens with zero attached hydrogens (tertiary/aromatic N) is 2. The molecule has 4 unspecified atom stereocenters. The fourth-order valence-electron chi connectivity index (χ4n) is 4.00. The fourth-order valence-corrected chi connectivity index (χ4v) is 4.00. The van der Waals surface area contributed by atoms with Crippen LogP contribution in [0.25, 0.3) is 0 Å². The number of aliphatic hydroxyl groups excluding tert-OH is 1. The van der Waals surface area contributed by atoms with Gasteiger partial charge in [-0.3, -0.25) is 4.79 Å². The number of hydrogen-bond donors (Lipinski definition) is 2. The highest BCUT2D eigenvalue weighted by Crippen LogP contribution is 2.35. The smallest absolute Gasteiger partial charge is 0.306 e. The third-order valence-electron chi connectivity index (χ3n) is 6.15. The van der Waals surface area contributed by atoms with Crippen LogP contribution in [-0.2, 0) is 4.79 Å². The Kier molecular flexibility index (Phi) is 7.20. The van der Waals surface area contributed by atoms with Crippen LogP contribution in [0.3, 0.4) is 0 Å². The quantitative estimate of drug-likeness (QED) is 0.709. The van der Waals surface area contributed by atoms with Gasteiger partial charge in [-0.15, -0.1) is 0 Å². The van der Waals surface area contributed by atoms with Gasteiger partial charge in [-0.25, -0.2) is 0 Å². The van der Waals surface area contributed by atoms with E-state index in [1.807, 2.05) is 0 Å². The largest absolute Gasteiger partial charge is 0.481 e. The van der Waals surface area contributed by atoms with Gasteiger partial charge in [0.15, 0.2) is 0 Å². The summed E-state index contributed by atoms with van der Waals surface area (Å²) in [5.74, 6) is 0.831. The Morgan fingerprint density at radius 2 is 1.71 bits per heavy atom. The Morgan fingerprint density at radius 1 is 1.04 bits per heavy atom. The summed E-state index contributed by atoms with van der Waals surface area (Å²) in [6, 6.07) is 0.419. The Labute approximate surface area is 145 Å². The van der Waals surface area contributed by atoms with E-state index in [1.165, 1.54) is 0 Å². The van der Waals surface area contributed by atoms with Gasteiger partial charge >= 0.3 is 5.97 Å². The van der Waals surface area contributed by atoms with Gasteiger partial charge in [0.05, 0.1) is 24.1 Å². The summed E-state index contributed by atoms with van der Waals surface area (Å²) < 4.78 is 0. The molecule has 0 saturated heterocycles. The highest BCUT2D eigenvalue weighted by atomic mass is 16.4. The van der Waals surface area contributed by atoms with Gasteiger partial charge in [0, 0.05) is 0 Å². The Morgan fingerprint density at radius 3 is 2.29 bits per heavy atom. The molecule has 138 valence electrons. The van der Waals surface area contributed by atoms with Gasteiger partial charge in [-0.2, -0.15) is 10.2 Å². The summed E-state index contributed by atoms with van der Waals surface area (Å²) >= 11 is 0. The lowest BCUT2D eigenvalue weighted by Gasteiger charge is -2.34. The van der Waals surface area contributed by atoms with Crippen molar-refractivity contribution in [1.82, 2.24) is 0 Å². The monoisotopic (exact) mass is 338 g/mol. The molecule has 2 saturated carbocycles. The number of aliphatic carboxylic acids is 1. The van der Waals surface area contributed by atoms with E-state index < -0.39 is 5.97 Å². The fraction of sp³-hybridized carbons (Fsp3) is 0.947. The lowest BCUT2D eigenvalue weighted by molar-refractivity contribution is -0.142. The van der Waals surface area contributed by atoms with E-state index in [2.05, 4.69) is 31.0 Å². The molecule has 0 radical (unpaired) electrons. The second-order valence-corrected chi connectivity index (χ2v) is 8.33. The third-order valence-corrected chi connectivity index (χ3v) is 6.15. The molecule has 24 heavy (non-hydrogen) atoms. The Hall–Kier alpha value is -0.970. The first-order valence-electron chi connectivity index (χ1n) is 9.67. The number of aliphatic hydroxyl groups is 1. The maximum absolute atomic E-state index is 11.0. The molecular formula is C19H34N2O3. The van der Waals surface area contributed by atoms with E-state index in [0.717, 1.165) is 51.4 Å². The number of carboxylic acid groups (broad SMARTS) is 1. The lowest BCUT2D eigenvalue weighted by Crippen LogP contribution is -2.32. The molecule has 4 atom stereocenters. The van der Waals surface area contributed by atoms with E-state index in [4.69, 9.17) is 5.11 Å². The number of carbonyl (C=O) groups is 1. The van der Waals surface area contributed by atoms with Crippen LogP contribution < -0.4 is 0 Å². The molecule has 2 aliphatic rings. The van der Waals surface area contributed by atoms with Crippen LogP contribution in [0.2, 0.25) is 0 Å². The molecule has 2 rings (SSSR count). The average Bonchev–Trinajstić information content (AvgIpc) is 2.54. The van der Waals surface area contributed by atoms with Crippen molar-refractivity contribution in [3.05, 3.63) is 0 Å². The van der Waals surface area contributed by atoms with Crippen LogP contribution in [0.4, 0.5) is 0 Å². The van der Waals surface area contributed by atoms with Crippen molar-refractivity contribution in [3.8, 4) is 0 Å². The summed E-state index contributed by atoms with van der Waals surface area (Å²) in [5, 5.41) is 28.3. The van der Waals surface area contributed by atoms with Crippen molar-refractivity contribution in [2.75, 3.05) is 0 Å². The zero-order valence-electron chi connectivity index (χ0n) is 15.4. The predicted molar refractivity (Wildman–Crippen MR) is 94.0 cm³/mol. The van der Waals surface area contributed by atoms with E-state index >= 15 is 0 Å². The summed E-state index contributed by atoms with van der Waals surface area (Å²) in [4.78, 5) is 11.0. The van der Waals surface area contributed by atoms with Gasteiger partial charge in [0.1, 0.15) is 0 Å². The molecule has 2 aliphatic carbocycles. The molecule has 0 aromatic rings. The summed E-state index contributed by atoms with van der Waals surface area (Å²) in [7, 11) is 0. The van der Waals surface area contributed by atoms with Gasteiger partial charge < -0.3 is 10.2 Å². The van der Waals surface area contributed by atoms with Crippen molar-refractivity contribution in [2.45, 2.75) is 90.3 Å². The number of rotatable bonds is 6. The normalized spacial score (nSPS) is 36.1. The van der Waals surface area contributed by atoms with Gasteiger partial charge in [0.2, 0.25) is 0 Å². The first-order chi connectivity index (χ1) is 11.4. The molecular weight excluding hydrogens is 304 g/mol. The van der Waals surface area contributed by atoms with Crippen molar-refractivity contribution < 1.29 is 15.0 Å². The van der Waals surface area contributed by atoms with Crippen molar-refractivity contribution in [1.29, 1.82) is 0 Å². The first kappa shape index (κ1) is 19.4. The second kappa shape index (κ2) is 8.93. The van der Waals surface area contributed by atoms with Gasteiger partial charge in [-0.1, -0.05) is 20.8 Å².